The van der Waals surface area contributed by atoms with Gasteiger partial charge in [-0.15, -0.1) is 0 Å². The van der Waals surface area contributed by atoms with E-state index in [1.165, 1.54) is 60.9 Å². The zero-order valence-electron chi connectivity index (χ0n) is 42.6. The van der Waals surface area contributed by atoms with Crippen molar-refractivity contribution in [2.75, 3.05) is 82.4 Å². The van der Waals surface area contributed by atoms with Crippen LogP contribution in [0.25, 0.3) is 11.0 Å². The van der Waals surface area contributed by atoms with Crippen LogP contribution in [0.15, 0.2) is 77.8 Å². The molecule has 4 N–H and O–H groups in total. The molecule has 1 amide bonds. The topological polar surface area (TPSA) is 205 Å². The Morgan fingerprint density at radius 1 is 0.986 bits per heavy atom. The number of likely N-dealkylation sites (tertiary alicyclic amines) is 1. The number of nitro benzene ring substituents is 1. The molecule has 3 saturated heterocycles. The lowest BCUT2D eigenvalue weighted by Gasteiger charge is -2.57. The number of hydrogen-bond donors (Lipinski definition) is 4. The smallest absolute Gasteiger partial charge is 0.293 e. The summed E-state index contributed by atoms with van der Waals surface area (Å²) < 4.78 is 63.6. The number of aliphatic hydroxyl groups is 1. The van der Waals surface area contributed by atoms with Crippen LogP contribution in [0.3, 0.4) is 0 Å². The number of anilines is 2. The number of nitrogens with one attached hydrogen (secondary N) is 3. The number of morpholine rings is 1. The van der Waals surface area contributed by atoms with Gasteiger partial charge in [0.2, 0.25) is 0 Å². The van der Waals surface area contributed by atoms with Crippen molar-refractivity contribution in [2.24, 2.45) is 11.3 Å². The van der Waals surface area contributed by atoms with Crippen molar-refractivity contribution in [1.29, 1.82) is 0 Å². The van der Waals surface area contributed by atoms with E-state index in [2.05, 4.69) is 72.8 Å². The highest BCUT2D eigenvalue weighted by atomic mass is 32.2. The van der Waals surface area contributed by atoms with E-state index < -0.39 is 42.9 Å². The van der Waals surface area contributed by atoms with Gasteiger partial charge in [0.15, 0.2) is 5.75 Å². The van der Waals surface area contributed by atoms with Crippen molar-refractivity contribution in [1.82, 2.24) is 24.5 Å². The second-order valence-electron chi connectivity index (χ2n) is 21.9. The van der Waals surface area contributed by atoms with Gasteiger partial charge in [-0.05, 0) is 117 Å². The molecule has 3 aromatic carbocycles. The average Bonchev–Trinajstić information content (AvgIpc) is 4.01. The highest BCUT2D eigenvalue weighted by Gasteiger charge is 2.49. The van der Waals surface area contributed by atoms with E-state index in [1.54, 1.807) is 19.1 Å². The number of benzene rings is 3. The molecule has 19 heteroatoms. The summed E-state index contributed by atoms with van der Waals surface area (Å²) in [5.74, 6) is -0.409. The van der Waals surface area contributed by atoms with Gasteiger partial charge < -0.3 is 34.5 Å². The molecule has 0 bridgehead atoms. The molecule has 2 atom stereocenters. The number of ether oxygens (including phenoxy) is 3. The Labute approximate surface area is 432 Å². The fourth-order valence-electron chi connectivity index (χ4n) is 12.0. The van der Waals surface area contributed by atoms with E-state index in [4.69, 9.17) is 14.2 Å². The van der Waals surface area contributed by atoms with Crippen molar-refractivity contribution < 1.29 is 41.8 Å². The van der Waals surface area contributed by atoms with Gasteiger partial charge in [0.1, 0.15) is 29.5 Å². The number of halogens is 1. The minimum Gasteiger partial charge on any atom is -0.474 e. The lowest BCUT2D eigenvalue weighted by Crippen LogP contribution is -2.63. The molecule has 10 rings (SSSR count). The van der Waals surface area contributed by atoms with Crippen LogP contribution in [-0.2, 0) is 14.8 Å². The molecule has 2 aliphatic carbocycles. The molecule has 396 valence electrons. The Bertz CT molecular complexity index is 2950. The second kappa shape index (κ2) is 21.4. The molecule has 3 aliphatic heterocycles. The minimum atomic E-state index is -4.69. The Morgan fingerprint density at radius 3 is 2.49 bits per heavy atom. The molecule has 5 heterocycles. The van der Waals surface area contributed by atoms with Crippen molar-refractivity contribution in [3.05, 3.63) is 106 Å². The molecule has 2 saturated carbocycles. The van der Waals surface area contributed by atoms with Crippen LogP contribution in [0.5, 0.6) is 17.4 Å². The SMILES string of the molecule is CC(C)c1ccccc1[C@@H]1CCC[C@@H]1N1CC2(CCN(c3ccc(C(=O)NS(=O)(=O)c4ccc(NC[C@H]5CC[C@](C)(O)CC5)c([N+](=O)[O-])c4)c(Oc4cc5c(F)c[nH]c5nc4OCCN4CCOCC4)c3)CC2)C1. The first-order valence-corrected chi connectivity index (χ1v) is 27.8. The number of hydrogen-bond acceptors (Lipinski definition) is 14. The number of sulfonamides is 1. The predicted molar refractivity (Wildman–Crippen MR) is 281 cm³/mol. The van der Waals surface area contributed by atoms with Gasteiger partial charge in [0.05, 0.1) is 39.6 Å². The first-order valence-electron chi connectivity index (χ1n) is 26.4. The fraction of sp³-hybridized carbons (Fsp3) is 0.527. The maximum absolute atomic E-state index is 15.2. The third kappa shape index (κ3) is 11.2. The van der Waals surface area contributed by atoms with Crippen molar-refractivity contribution in [3.8, 4) is 17.4 Å². The van der Waals surface area contributed by atoms with Gasteiger partial charge in [-0.25, -0.2) is 17.5 Å². The summed E-state index contributed by atoms with van der Waals surface area (Å²) in [6, 6.07) is 19.4. The molecule has 17 nitrogen and oxygen atoms in total. The lowest BCUT2D eigenvalue weighted by molar-refractivity contribution is -0.384. The van der Waals surface area contributed by atoms with E-state index in [1.807, 2.05) is 0 Å². The molecule has 1 spiro atoms. The summed E-state index contributed by atoms with van der Waals surface area (Å²) in [5.41, 5.74) is 2.92. The third-order valence-electron chi connectivity index (χ3n) is 16.4. The highest BCUT2D eigenvalue weighted by molar-refractivity contribution is 7.90. The number of nitrogens with zero attached hydrogens (tertiary/aromatic N) is 5. The molecule has 74 heavy (non-hydrogen) atoms. The number of H-pyrrole nitrogens is 1. The Hall–Kier alpha value is -5.86. The quantitative estimate of drug-likeness (QED) is 0.0507. The van der Waals surface area contributed by atoms with Gasteiger partial charge in [0.25, 0.3) is 27.5 Å². The first-order chi connectivity index (χ1) is 35.5. The van der Waals surface area contributed by atoms with Gasteiger partial charge in [0, 0.05) is 88.5 Å². The van der Waals surface area contributed by atoms with Gasteiger partial charge in [-0.2, -0.15) is 4.98 Å². The highest BCUT2D eigenvalue weighted by Crippen LogP contribution is 2.49. The number of amides is 1. The summed E-state index contributed by atoms with van der Waals surface area (Å²) >= 11 is 0. The Kier molecular flexibility index (Phi) is 14.9. The number of fused-ring (bicyclic) bond motifs is 1. The molecule has 2 aromatic heterocycles. The first kappa shape index (κ1) is 51.6. The maximum atomic E-state index is 15.2. The third-order valence-corrected chi connectivity index (χ3v) is 17.8. The largest absolute Gasteiger partial charge is 0.474 e. The molecule has 5 aliphatic rings. The van der Waals surface area contributed by atoms with Crippen LogP contribution in [-0.4, -0.2) is 128 Å². The van der Waals surface area contributed by atoms with Crippen molar-refractivity contribution in [3.63, 3.8) is 0 Å². The lowest BCUT2D eigenvalue weighted by atomic mass is 9.70. The fourth-order valence-corrected chi connectivity index (χ4v) is 13.0. The van der Waals surface area contributed by atoms with Gasteiger partial charge >= 0.3 is 0 Å². The number of pyridine rings is 1. The summed E-state index contributed by atoms with van der Waals surface area (Å²) in [7, 11) is -4.69. The number of aromatic amines is 1. The van der Waals surface area contributed by atoms with Crippen LogP contribution in [0.1, 0.15) is 112 Å². The standard InChI is InChI=1S/C55H69FN8O9S/c1-36(2)40-7-4-5-8-41(40)42-9-6-10-47(42)63-34-55(35-63)19-21-62(22-20-55)38-11-13-43(49(29-38)73-50-31-44-45(56)33-58-51(44)59-53(50)72-28-25-61-23-26-71-27-24-61)52(65)60-74(69,70)39-12-14-46(48(30-39)64(67)68)57-32-37-15-17-54(3,66)18-16-37/h4-5,7-8,11-14,29-31,33,36-37,42,47,57,66H,6,9-10,15-28,32,34-35H2,1-3H3,(H,58,59)(H,60,65)/t37-,42-,47-,54-/m0/s1. The van der Waals surface area contributed by atoms with E-state index in [0.29, 0.717) is 57.0 Å². The van der Waals surface area contributed by atoms with Crippen molar-refractivity contribution in [2.45, 2.75) is 107 Å². The van der Waals surface area contributed by atoms with Crippen LogP contribution >= 0.6 is 0 Å². The summed E-state index contributed by atoms with van der Waals surface area (Å²) in [4.78, 5) is 40.1. The Balaban J connectivity index is 0.887. The van der Waals surface area contributed by atoms with Crippen LogP contribution in [0, 0.1) is 27.3 Å². The molecular formula is C55H69FN8O9S. The summed E-state index contributed by atoms with van der Waals surface area (Å²) in [5, 5.41) is 25.9. The second-order valence-corrected chi connectivity index (χ2v) is 23.6. The summed E-state index contributed by atoms with van der Waals surface area (Å²) in [6.45, 7) is 13.8. The molecule has 0 unspecified atom stereocenters. The number of nitro groups is 1. The van der Waals surface area contributed by atoms with Gasteiger partial charge in [-0.1, -0.05) is 44.5 Å². The normalized spacial score (nSPS) is 23.5. The number of carbonyl (C=O) groups is 1. The van der Waals surface area contributed by atoms with Crippen LogP contribution < -0.4 is 24.4 Å². The maximum Gasteiger partial charge on any atom is 0.293 e. The zero-order valence-corrected chi connectivity index (χ0v) is 43.4. The zero-order chi connectivity index (χ0) is 51.8. The molecular weight excluding hydrogens is 968 g/mol. The van der Waals surface area contributed by atoms with E-state index in [0.717, 1.165) is 76.7 Å². The van der Waals surface area contributed by atoms with Gasteiger partial charge in [-0.3, -0.25) is 24.7 Å². The average molecular weight is 1040 g/mol. The number of carbonyl (C=O) groups excluding carboxylic acids is 1. The van der Waals surface area contributed by atoms with Crippen molar-refractivity contribution >= 4 is 44.0 Å². The number of piperidine rings is 1. The number of rotatable bonds is 17. The van der Waals surface area contributed by atoms with E-state index in [9.17, 15) is 28.4 Å². The molecule has 0 radical (unpaired) electrons. The monoisotopic (exact) mass is 1040 g/mol. The van der Waals surface area contributed by atoms with E-state index >= 15 is 4.39 Å². The number of aromatic nitrogens is 2. The molecule has 5 fully saturated rings. The Morgan fingerprint density at radius 2 is 1.74 bits per heavy atom. The summed E-state index contributed by atoms with van der Waals surface area (Å²) in [6.07, 6.45) is 9.49. The van der Waals surface area contributed by atoms with Crippen LogP contribution in [0.2, 0.25) is 0 Å². The van der Waals surface area contributed by atoms with Crippen LogP contribution in [0.4, 0.5) is 21.5 Å². The minimum absolute atomic E-state index is 0.0118. The molecule has 5 aromatic rings. The van der Waals surface area contributed by atoms with E-state index in [-0.39, 0.29) is 57.6 Å². The predicted octanol–water partition coefficient (Wildman–Crippen LogP) is 8.95.